The standard InChI is InChI=1S/C18H16N2O2/c1-2-9-16-17(21)19(14-10-5-3-6-11-14)20(18(16)22)15-12-7-4-8-13-15/h3-13H,2H2,1H3. The molecule has 1 aliphatic heterocycles. The third kappa shape index (κ3) is 2.29. The lowest BCUT2D eigenvalue weighted by atomic mass is 10.2. The van der Waals surface area contributed by atoms with Crippen LogP contribution in [0, 0.1) is 0 Å². The van der Waals surface area contributed by atoms with Gasteiger partial charge in [-0.1, -0.05) is 49.4 Å². The van der Waals surface area contributed by atoms with Crippen LogP contribution in [-0.2, 0) is 9.59 Å². The molecule has 1 aliphatic rings. The molecule has 0 atom stereocenters. The fraction of sp³-hybridized carbons (Fsp3) is 0.111. The summed E-state index contributed by atoms with van der Waals surface area (Å²) in [5.74, 6) is -0.580. The lowest BCUT2D eigenvalue weighted by molar-refractivity contribution is -0.116. The fourth-order valence-electron chi connectivity index (χ4n) is 2.48. The highest BCUT2D eigenvalue weighted by Crippen LogP contribution is 2.31. The quantitative estimate of drug-likeness (QED) is 0.643. The van der Waals surface area contributed by atoms with Crippen molar-refractivity contribution in [1.82, 2.24) is 0 Å². The van der Waals surface area contributed by atoms with Gasteiger partial charge in [-0.25, -0.2) is 10.0 Å². The lowest BCUT2D eigenvalue weighted by Gasteiger charge is -2.27. The van der Waals surface area contributed by atoms with Gasteiger partial charge in [0.05, 0.1) is 11.4 Å². The van der Waals surface area contributed by atoms with E-state index >= 15 is 0 Å². The van der Waals surface area contributed by atoms with Gasteiger partial charge in [-0.15, -0.1) is 0 Å². The highest BCUT2D eigenvalue weighted by Gasteiger charge is 2.42. The molecular formula is C18H16N2O2. The van der Waals surface area contributed by atoms with Crippen molar-refractivity contribution in [3.63, 3.8) is 0 Å². The summed E-state index contributed by atoms with van der Waals surface area (Å²) in [6.45, 7) is 1.91. The van der Waals surface area contributed by atoms with Gasteiger partial charge in [-0.3, -0.25) is 9.59 Å². The Balaban J connectivity index is 2.13. The predicted molar refractivity (Wildman–Crippen MR) is 86.2 cm³/mol. The maximum atomic E-state index is 12.7. The van der Waals surface area contributed by atoms with Crippen LogP contribution in [-0.4, -0.2) is 11.8 Å². The van der Waals surface area contributed by atoms with Crippen molar-refractivity contribution in [1.29, 1.82) is 0 Å². The molecular weight excluding hydrogens is 276 g/mol. The number of hydrazine groups is 1. The van der Waals surface area contributed by atoms with Crippen LogP contribution in [0.15, 0.2) is 72.3 Å². The van der Waals surface area contributed by atoms with E-state index in [2.05, 4.69) is 0 Å². The number of carbonyl (C=O) groups is 2. The van der Waals surface area contributed by atoms with E-state index in [0.717, 1.165) is 0 Å². The number of allylic oxidation sites excluding steroid dienone is 1. The Labute approximate surface area is 129 Å². The summed E-state index contributed by atoms with van der Waals surface area (Å²) >= 11 is 0. The van der Waals surface area contributed by atoms with Crippen molar-refractivity contribution in [2.45, 2.75) is 13.3 Å². The van der Waals surface area contributed by atoms with E-state index in [-0.39, 0.29) is 17.4 Å². The number of benzene rings is 2. The number of rotatable bonds is 3. The molecule has 2 amide bonds. The van der Waals surface area contributed by atoms with Crippen LogP contribution in [0.25, 0.3) is 0 Å². The Hall–Kier alpha value is -2.88. The summed E-state index contributed by atoms with van der Waals surface area (Å²) in [6, 6.07) is 18.4. The molecule has 0 saturated carbocycles. The molecule has 3 rings (SSSR count). The average Bonchev–Trinajstić information content (AvgIpc) is 2.81. The second-order valence-corrected chi connectivity index (χ2v) is 4.93. The second kappa shape index (κ2) is 5.85. The highest BCUT2D eigenvalue weighted by atomic mass is 16.2. The van der Waals surface area contributed by atoms with Gasteiger partial charge in [0.2, 0.25) is 0 Å². The number of hydrogen-bond acceptors (Lipinski definition) is 2. The predicted octanol–water partition coefficient (Wildman–Crippen LogP) is 3.32. The molecule has 0 aliphatic carbocycles. The molecule has 0 N–H and O–H groups in total. The number of amides is 2. The summed E-state index contributed by atoms with van der Waals surface area (Å²) in [5.41, 5.74) is 1.56. The van der Waals surface area contributed by atoms with E-state index in [1.165, 1.54) is 10.0 Å². The lowest BCUT2D eigenvalue weighted by Crippen LogP contribution is -2.41. The Morgan fingerprint density at radius 1 is 0.773 bits per heavy atom. The minimum Gasteiger partial charge on any atom is -0.267 e. The number of para-hydroxylation sites is 2. The molecule has 0 aromatic heterocycles. The van der Waals surface area contributed by atoms with Gasteiger partial charge in [0.1, 0.15) is 5.57 Å². The molecule has 4 nitrogen and oxygen atoms in total. The van der Waals surface area contributed by atoms with Crippen LogP contribution >= 0.6 is 0 Å². The minimum atomic E-state index is -0.290. The molecule has 4 heteroatoms. The Morgan fingerprint density at radius 3 is 1.55 bits per heavy atom. The van der Waals surface area contributed by atoms with Crippen molar-refractivity contribution in [3.8, 4) is 0 Å². The topological polar surface area (TPSA) is 40.6 Å². The van der Waals surface area contributed by atoms with E-state index in [1.54, 1.807) is 6.08 Å². The van der Waals surface area contributed by atoms with Crippen molar-refractivity contribution < 1.29 is 9.59 Å². The summed E-state index contributed by atoms with van der Waals surface area (Å²) in [7, 11) is 0. The Kier molecular flexibility index (Phi) is 3.74. The van der Waals surface area contributed by atoms with Crippen LogP contribution in [0.3, 0.4) is 0 Å². The molecule has 2 aromatic carbocycles. The summed E-state index contributed by atoms with van der Waals surface area (Å²) in [5, 5.41) is 2.86. The SMILES string of the molecule is CCC=C1C(=O)N(c2ccccc2)N(c2ccccc2)C1=O. The summed E-state index contributed by atoms with van der Waals surface area (Å²) < 4.78 is 0. The molecule has 0 unspecified atom stereocenters. The molecule has 22 heavy (non-hydrogen) atoms. The first kappa shape index (κ1) is 14.1. The summed E-state index contributed by atoms with van der Waals surface area (Å²) in [4.78, 5) is 25.4. The van der Waals surface area contributed by atoms with E-state index in [9.17, 15) is 9.59 Å². The largest absolute Gasteiger partial charge is 0.282 e. The zero-order valence-corrected chi connectivity index (χ0v) is 12.3. The van der Waals surface area contributed by atoms with Gasteiger partial charge >= 0.3 is 0 Å². The normalized spacial score (nSPS) is 14.7. The van der Waals surface area contributed by atoms with E-state index < -0.39 is 0 Å². The first-order valence-corrected chi connectivity index (χ1v) is 7.23. The number of hydrogen-bond donors (Lipinski definition) is 0. The minimum absolute atomic E-state index is 0.218. The van der Waals surface area contributed by atoms with Crippen LogP contribution in [0.2, 0.25) is 0 Å². The molecule has 110 valence electrons. The van der Waals surface area contributed by atoms with E-state index in [1.807, 2.05) is 67.6 Å². The van der Waals surface area contributed by atoms with Crippen LogP contribution in [0.1, 0.15) is 13.3 Å². The smallest absolute Gasteiger partial charge is 0.267 e. The van der Waals surface area contributed by atoms with Crippen molar-refractivity contribution in [2.24, 2.45) is 0 Å². The van der Waals surface area contributed by atoms with Crippen molar-refractivity contribution in [3.05, 3.63) is 72.3 Å². The second-order valence-electron chi connectivity index (χ2n) is 4.93. The molecule has 2 aromatic rings. The van der Waals surface area contributed by atoms with E-state index in [0.29, 0.717) is 17.8 Å². The van der Waals surface area contributed by atoms with Gasteiger partial charge in [-0.05, 0) is 30.7 Å². The number of carbonyl (C=O) groups excluding carboxylic acids is 2. The van der Waals surface area contributed by atoms with Gasteiger partial charge < -0.3 is 0 Å². The van der Waals surface area contributed by atoms with Gasteiger partial charge in [0.15, 0.2) is 0 Å². The molecule has 1 saturated heterocycles. The maximum Gasteiger partial charge on any atom is 0.282 e. The van der Waals surface area contributed by atoms with Crippen molar-refractivity contribution in [2.75, 3.05) is 10.0 Å². The first-order chi connectivity index (χ1) is 10.7. The zero-order chi connectivity index (χ0) is 15.5. The molecule has 0 radical (unpaired) electrons. The average molecular weight is 292 g/mol. The third-order valence-corrected chi connectivity index (χ3v) is 3.46. The van der Waals surface area contributed by atoms with Gasteiger partial charge in [0, 0.05) is 0 Å². The highest BCUT2D eigenvalue weighted by molar-refractivity contribution is 6.36. The molecule has 0 bridgehead atoms. The number of nitrogens with zero attached hydrogens (tertiary/aromatic N) is 2. The molecule has 1 fully saturated rings. The van der Waals surface area contributed by atoms with E-state index in [4.69, 9.17) is 0 Å². The van der Waals surface area contributed by atoms with Crippen LogP contribution in [0.5, 0.6) is 0 Å². The first-order valence-electron chi connectivity index (χ1n) is 7.23. The maximum absolute atomic E-state index is 12.7. The third-order valence-electron chi connectivity index (χ3n) is 3.46. The molecule has 1 heterocycles. The number of anilines is 2. The Morgan fingerprint density at radius 2 is 1.18 bits per heavy atom. The van der Waals surface area contributed by atoms with Crippen LogP contribution in [0.4, 0.5) is 11.4 Å². The van der Waals surface area contributed by atoms with Crippen molar-refractivity contribution >= 4 is 23.2 Å². The van der Waals surface area contributed by atoms with Crippen LogP contribution < -0.4 is 10.0 Å². The Bertz CT molecular complexity index is 664. The zero-order valence-electron chi connectivity index (χ0n) is 12.3. The monoisotopic (exact) mass is 292 g/mol. The van der Waals surface area contributed by atoms with Gasteiger partial charge in [0.25, 0.3) is 11.8 Å². The summed E-state index contributed by atoms with van der Waals surface area (Å²) in [6.07, 6.45) is 2.32. The van der Waals surface area contributed by atoms with Gasteiger partial charge in [-0.2, -0.15) is 0 Å². The molecule has 0 spiro atoms. The fourth-order valence-corrected chi connectivity index (χ4v) is 2.48.